The number of carbonyl (C=O) groups is 2. The molecule has 55 heavy (non-hydrogen) atoms. The van der Waals surface area contributed by atoms with Crippen molar-refractivity contribution in [3.63, 3.8) is 0 Å². The molecule has 5 rings (SSSR count). The van der Waals surface area contributed by atoms with Crippen molar-refractivity contribution in [2.24, 2.45) is 0 Å². The molecule has 294 valence electrons. The molecule has 2 aromatic carbocycles. The molecule has 0 bridgehead atoms. The Labute approximate surface area is 322 Å². The topological polar surface area (TPSA) is 185 Å². The summed E-state index contributed by atoms with van der Waals surface area (Å²) < 4.78 is 21.8. The Kier molecular flexibility index (Phi) is 14.1. The molecule has 2 aromatic heterocycles. The predicted molar refractivity (Wildman–Crippen MR) is 209 cm³/mol. The number of nitriles is 1. The largest absolute Gasteiger partial charge is 0.490 e. The van der Waals surface area contributed by atoms with Gasteiger partial charge in [-0.05, 0) is 93.5 Å². The Morgan fingerprint density at radius 1 is 0.982 bits per heavy atom. The number of nitrogens with zero attached hydrogens (tertiary/aromatic N) is 3. The molecular weight excluding hydrogens is 700 g/mol. The molecule has 4 aromatic rings. The van der Waals surface area contributed by atoms with Crippen molar-refractivity contribution in [1.29, 1.82) is 5.26 Å². The van der Waals surface area contributed by atoms with E-state index in [-0.39, 0.29) is 18.8 Å². The van der Waals surface area contributed by atoms with Crippen LogP contribution in [-0.4, -0.2) is 70.9 Å². The first-order valence-corrected chi connectivity index (χ1v) is 19.2. The highest BCUT2D eigenvalue weighted by atomic mass is 16.6. The van der Waals surface area contributed by atoms with Gasteiger partial charge >= 0.3 is 11.9 Å². The molecule has 13 nitrogen and oxygen atoms in total. The van der Waals surface area contributed by atoms with Gasteiger partial charge in [0.1, 0.15) is 41.3 Å². The molecule has 13 heteroatoms. The molecule has 0 saturated carbocycles. The molecule has 4 N–H and O–H groups in total. The highest BCUT2D eigenvalue weighted by Gasteiger charge is 2.39. The van der Waals surface area contributed by atoms with E-state index in [0.717, 1.165) is 74.3 Å². The van der Waals surface area contributed by atoms with Gasteiger partial charge in [0.05, 0.1) is 36.3 Å². The maximum atomic E-state index is 13.6. The summed E-state index contributed by atoms with van der Waals surface area (Å²) in [4.78, 5) is 29.8. The Morgan fingerprint density at radius 3 is 2.36 bits per heavy atom. The number of rotatable bonds is 19. The second-order valence-corrected chi connectivity index (χ2v) is 15.2. The average Bonchev–Trinajstić information content (AvgIpc) is 3.83. The lowest BCUT2D eigenvalue weighted by Gasteiger charge is -2.30. The van der Waals surface area contributed by atoms with E-state index in [1.54, 1.807) is 32.0 Å². The maximum absolute atomic E-state index is 13.6. The minimum absolute atomic E-state index is 0.0956. The summed E-state index contributed by atoms with van der Waals surface area (Å²) in [5.74, 6) is -1.16. The number of fused-ring (bicyclic) bond motifs is 2. The first kappa shape index (κ1) is 41.0. The van der Waals surface area contributed by atoms with E-state index in [1.165, 1.54) is 7.11 Å². The standard InChI is InChI=1S/C42H54N6O7/c1-26-35(40(50)52-6)37(31-17-15-18-33-39(31)48-55-47-33)36(27(2)45-26)41(51)53-21-14-12-10-8-7-9-11-13-16-28-19-20-34(32-22-29(23-43)46-38(28)32)54-25-30(49)24-44-42(3,4)5/h15,17-20,22,30,37,44-46,49H,7-14,16,21,24-25H2,1-6H3. The lowest BCUT2D eigenvalue weighted by molar-refractivity contribution is -0.139. The van der Waals surface area contributed by atoms with E-state index in [2.05, 4.69) is 38.1 Å². The number of unbranched alkanes of at least 4 members (excludes halogenated alkanes) is 7. The van der Waals surface area contributed by atoms with Gasteiger partial charge in [-0.15, -0.1) is 0 Å². The number of methoxy groups -OCH3 is 1. The van der Waals surface area contributed by atoms with Crippen molar-refractivity contribution in [2.75, 3.05) is 26.9 Å². The number of hydrogen-bond acceptors (Lipinski definition) is 12. The monoisotopic (exact) mass is 754 g/mol. The van der Waals surface area contributed by atoms with E-state index >= 15 is 0 Å². The number of aromatic amines is 1. The number of H-pyrrole nitrogens is 1. The van der Waals surface area contributed by atoms with E-state index in [4.69, 9.17) is 18.8 Å². The Bertz CT molecular complexity index is 2070. The number of aliphatic hydroxyl groups excluding tert-OH is 1. The van der Waals surface area contributed by atoms with Crippen molar-refractivity contribution >= 4 is 33.9 Å². The van der Waals surface area contributed by atoms with Crippen molar-refractivity contribution in [3.8, 4) is 11.8 Å². The third kappa shape index (κ3) is 10.5. The van der Waals surface area contributed by atoms with Gasteiger partial charge in [-0.3, -0.25) is 0 Å². The van der Waals surface area contributed by atoms with Crippen molar-refractivity contribution in [3.05, 3.63) is 75.8 Å². The lowest BCUT2D eigenvalue weighted by atomic mass is 9.80. The van der Waals surface area contributed by atoms with E-state index in [0.29, 0.717) is 57.1 Å². The van der Waals surface area contributed by atoms with Gasteiger partial charge < -0.3 is 34.9 Å². The van der Waals surface area contributed by atoms with E-state index in [9.17, 15) is 20.0 Å². The zero-order valence-electron chi connectivity index (χ0n) is 32.8. The molecular formula is C42H54N6O7. The third-order valence-electron chi connectivity index (χ3n) is 9.85. The first-order valence-electron chi connectivity index (χ1n) is 19.2. The summed E-state index contributed by atoms with van der Waals surface area (Å²) in [5.41, 5.74) is 5.86. The molecule has 2 unspecified atom stereocenters. The highest BCUT2D eigenvalue weighted by molar-refractivity contribution is 6.01. The number of allylic oxidation sites excluding steroid dienone is 2. The van der Waals surface area contributed by atoms with Crippen LogP contribution in [0.2, 0.25) is 0 Å². The van der Waals surface area contributed by atoms with Crippen LogP contribution in [0.25, 0.3) is 21.9 Å². The number of aromatic nitrogens is 3. The average molecular weight is 755 g/mol. The van der Waals surface area contributed by atoms with Gasteiger partial charge in [-0.25, -0.2) is 14.2 Å². The summed E-state index contributed by atoms with van der Waals surface area (Å²) >= 11 is 0. The maximum Gasteiger partial charge on any atom is 0.336 e. The van der Waals surface area contributed by atoms with E-state index in [1.807, 2.05) is 32.9 Å². The molecule has 0 spiro atoms. The lowest BCUT2D eigenvalue weighted by Crippen LogP contribution is -2.42. The highest BCUT2D eigenvalue weighted by Crippen LogP contribution is 2.41. The fourth-order valence-electron chi connectivity index (χ4n) is 7.05. The van der Waals surface area contributed by atoms with Gasteiger partial charge in [-0.1, -0.05) is 56.7 Å². The zero-order chi connectivity index (χ0) is 39.5. The van der Waals surface area contributed by atoms with Crippen LogP contribution in [0.3, 0.4) is 0 Å². The molecule has 0 aliphatic carbocycles. The minimum atomic E-state index is -0.764. The molecule has 0 saturated heterocycles. The quantitative estimate of drug-likeness (QED) is 0.0568. The number of carbonyl (C=O) groups excluding carboxylic acids is 2. The van der Waals surface area contributed by atoms with Gasteiger partial charge in [0.2, 0.25) is 0 Å². The van der Waals surface area contributed by atoms with E-state index < -0.39 is 24.0 Å². The molecule has 0 fully saturated rings. The summed E-state index contributed by atoms with van der Waals surface area (Å²) in [7, 11) is 1.31. The Balaban J connectivity index is 1.04. The van der Waals surface area contributed by atoms with Crippen LogP contribution in [0, 0.1) is 11.3 Å². The third-order valence-corrected chi connectivity index (χ3v) is 9.85. The van der Waals surface area contributed by atoms with Crippen molar-refractivity contribution in [2.45, 2.75) is 110 Å². The second kappa shape index (κ2) is 18.9. The van der Waals surface area contributed by atoms with Crippen molar-refractivity contribution in [1.82, 2.24) is 25.9 Å². The first-order chi connectivity index (χ1) is 26.4. The Hall–Kier alpha value is -5.19. The normalized spacial score (nSPS) is 15.3. The molecule has 2 atom stereocenters. The molecule has 0 amide bonds. The van der Waals surface area contributed by atoms with Crippen LogP contribution in [0.5, 0.6) is 5.75 Å². The van der Waals surface area contributed by atoms with Gasteiger partial charge in [0.15, 0.2) is 0 Å². The van der Waals surface area contributed by atoms with Crippen molar-refractivity contribution < 1.29 is 33.5 Å². The summed E-state index contributed by atoms with van der Waals surface area (Å²) in [6.45, 7) is 10.6. The van der Waals surface area contributed by atoms with Crippen LogP contribution >= 0.6 is 0 Å². The van der Waals surface area contributed by atoms with Crippen LogP contribution in [0.15, 0.2) is 63.6 Å². The number of β-amino-alcohol motifs (C(OH)–C–C–N with tert-alkyl or cyclic N) is 1. The SMILES string of the molecule is COC(=O)C1=C(C)NC(C)=C(C(=O)OCCCCCCCCCCc2ccc(OCC(O)CNC(C)(C)C)c3cc(C#N)[nH]c23)C1c1cccc2nonc12. The number of aryl methyl sites for hydroxylation is 1. The summed E-state index contributed by atoms with van der Waals surface area (Å²) in [6.07, 6.45) is 8.43. The van der Waals surface area contributed by atoms with Crippen LogP contribution in [0.4, 0.5) is 0 Å². The van der Waals surface area contributed by atoms with Crippen LogP contribution in [-0.2, 0) is 25.5 Å². The number of ether oxygens (including phenoxy) is 3. The van der Waals surface area contributed by atoms with Gasteiger partial charge in [0.25, 0.3) is 0 Å². The fourth-order valence-corrected chi connectivity index (χ4v) is 7.05. The Morgan fingerprint density at radius 2 is 1.67 bits per heavy atom. The molecule has 3 heterocycles. The number of dihydropyridines is 1. The number of hydrogen-bond donors (Lipinski definition) is 4. The second-order valence-electron chi connectivity index (χ2n) is 15.2. The molecule has 1 aliphatic heterocycles. The molecule has 0 radical (unpaired) electrons. The fraction of sp³-hybridized carbons (Fsp3) is 0.500. The number of esters is 2. The smallest absolute Gasteiger partial charge is 0.336 e. The molecule has 1 aliphatic rings. The zero-order valence-corrected chi connectivity index (χ0v) is 32.8. The summed E-state index contributed by atoms with van der Waals surface area (Å²) in [5, 5.41) is 35.2. The number of benzene rings is 2. The number of aliphatic hydroxyl groups is 1. The predicted octanol–water partition coefficient (Wildman–Crippen LogP) is 7.02. The minimum Gasteiger partial charge on any atom is -0.490 e. The van der Waals surface area contributed by atoms with Gasteiger partial charge in [-0.2, -0.15) is 5.26 Å². The number of nitrogens with one attached hydrogen (secondary N) is 3. The van der Waals surface area contributed by atoms with Gasteiger partial charge in [0, 0.05) is 28.9 Å². The van der Waals surface area contributed by atoms with Crippen LogP contribution in [0.1, 0.15) is 109 Å². The van der Waals surface area contributed by atoms with Crippen LogP contribution < -0.4 is 15.4 Å². The summed E-state index contributed by atoms with van der Waals surface area (Å²) in [6, 6.07) is 13.4.